The van der Waals surface area contributed by atoms with Crippen molar-refractivity contribution in [1.82, 2.24) is 14.7 Å². The predicted octanol–water partition coefficient (Wildman–Crippen LogP) is 2.65. The highest BCUT2D eigenvalue weighted by atomic mass is 32.2. The topological polar surface area (TPSA) is 127 Å². The Balaban J connectivity index is 1.55. The lowest BCUT2D eigenvalue weighted by atomic mass is 9.92. The van der Waals surface area contributed by atoms with Gasteiger partial charge in [0.25, 0.3) is 0 Å². The SMILES string of the molecule is CC(C)CS(=O)(=O)NC1CCC(Nc2nc(N)c(C(=O)c3cccnc3)s2)CC1. The van der Waals surface area contributed by atoms with Crippen LogP contribution in [0.3, 0.4) is 0 Å². The fraction of sp³-hybridized carbons (Fsp3) is 0.526. The molecule has 0 bridgehead atoms. The lowest BCUT2D eigenvalue weighted by Gasteiger charge is -2.29. The molecule has 1 aliphatic rings. The van der Waals surface area contributed by atoms with Crippen LogP contribution in [-0.4, -0.2) is 42.0 Å². The van der Waals surface area contributed by atoms with E-state index in [2.05, 4.69) is 20.0 Å². The Bertz CT molecular complexity index is 936. The van der Waals surface area contributed by atoms with Gasteiger partial charge in [0, 0.05) is 30.0 Å². The number of thiazole rings is 1. The van der Waals surface area contributed by atoms with Gasteiger partial charge in [-0.15, -0.1) is 0 Å². The molecule has 1 saturated carbocycles. The van der Waals surface area contributed by atoms with E-state index in [1.807, 2.05) is 13.8 Å². The molecule has 1 fully saturated rings. The highest BCUT2D eigenvalue weighted by molar-refractivity contribution is 7.89. The van der Waals surface area contributed by atoms with Crippen LogP contribution in [0.1, 0.15) is 54.8 Å². The van der Waals surface area contributed by atoms with Gasteiger partial charge in [0.15, 0.2) is 5.13 Å². The van der Waals surface area contributed by atoms with Gasteiger partial charge < -0.3 is 11.1 Å². The van der Waals surface area contributed by atoms with Crippen molar-refractivity contribution in [2.24, 2.45) is 5.92 Å². The Hall–Kier alpha value is -2.04. The number of rotatable bonds is 8. The van der Waals surface area contributed by atoms with Gasteiger partial charge in [0.1, 0.15) is 10.7 Å². The summed E-state index contributed by atoms with van der Waals surface area (Å²) in [7, 11) is -3.23. The van der Waals surface area contributed by atoms with Gasteiger partial charge in [0.05, 0.1) is 5.75 Å². The molecule has 3 rings (SSSR count). The van der Waals surface area contributed by atoms with Crippen LogP contribution in [0, 0.1) is 5.92 Å². The quantitative estimate of drug-likeness (QED) is 0.542. The molecule has 0 radical (unpaired) electrons. The van der Waals surface area contributed by atoms with Gasteiger partial charge in [-0.1, -0.05) is 25.2 Å². The van der Waals surface area contributed by atoms with Gasteiger partial charge in [-0.25, -0.2) is 18.1 Å². The van der Waals surface area contributed by atoms with Gasteiger partial charge in [0.2, 0.25) is 15.8 Å². The van der Waals surface area contributed by atoms with Crippen molar-refractivity contribution in [2.45, 2.75) is 51.6 Å². The maximum atomic E-state index is 12.6. The number of carbonyl (C=O) groups excluding carboxylic acids is 1. The second-order valence-corrected chi connectivity index (χ2v) is 10.6. The van der Waals surface area contributed by atoms with E-state index < -0.39 is 10.0 Å². The molecule has 0 atom stereocenters. The van der Waals surface area contributed by atoms with Crippen molar-refractivity contribution >= 4 is 38.1 Å². The number of aromatic nitrogens is 2. The maximum absolute atomic E-state index is 12.6. The number of pyridine rings is 1. The average molecular weight is 438 g/mol. The lowest BCUT2D eigenvalue weighted by Crippen LogP contribution is -2.41. The summed E-state index contributed by atoms with van der Waals surface area (Å²) in [6.45, 7) is 3.79. The van der Waals surface area contributed by atoms with E-state index in [9.17, 15) is 13.2 Å². The van der Waals surface area contributed by atoms with E-state index >= 15 is 0 Å². The van der Waals surface area contributed by atoms with E-state index in [0.717, 1.165) is 25.7 Å². The van der Waals surface area contributed by atoms with Crippen molar-refractivity contribution in [3.63, 3.8) is 0 Å². The fourth-order valence-corrected chi connectivity index (χ4v) is 6.10. The van der Waals surface area contributed by atoms with Crippen molar-refractivity contribution in [3.8, 4) is 0 Å². The van der Waals surface area contributed by atoms with Gasteiger partial charge >= 0.3 is 0 Å². The normalized spacial score (nSPS) is 20.0. The highest BCUT2D eigenvalue weighted by Gasteiger charge is 2.26. The van der Waals surface area contributed by atoms with Crippen LogP contribution in [-0.2, 0) is 10.0 Å². The fourth-order valence-electron chi connectivity index (χ4n) is 3.46. The number of hydrogen-bond acceptors (Lipinski definition) is 8. The van der Waals surface area contributed by atoms with Gasteiger partial charge in [-0.3, -0.25) is 9.78 Å². The summed E-state index contributed by atoms with van der Waals surface area (Å²) in [6.07, 6.45) is 6.28. The first-order valence-electron chi connectivity index (χ1n) is 9.71. The number of sulfonamides is 1. The third kappa shape index (κ3) is 5.97. The first-order chi connectivity index (χ1) is 13.7. The Morgan fingerprint density at radius 2 is 1.97 bits per heavy atom. The average Bonchev–Trinajstić information content (AvgIpc) is 3.02. The summed E-state index contributed by atoms with van der Waals surface area (Å²) < 4.78 is 27.1. The van der Waals surface area contributed by atoms with E-state index in [1.54, 1.807) is 18.3 Å². The molecule has 0 aromatic carbocycles. The third-order valence-electron chi connectivity index (χ3n) is 4.74. The molecule has 2 aromatic heterocycles. The molecule has 0 spiro atoms. The van der Waals surface area contributed by atoms with E-state index in [0.29, 0.717) is 15.6 Å². The monoisotopic (exact) mass is 437 g/mol. The number of nitrogens with one attached hydrogen (secondary N) is 2. The Kier molecular flexibility index (Phi) is 6.86. The zero-order chi connectivity index (χ0) is 21.0. The lowest BCUT2D eigenvalue weighted by molar-refractivity contribution is 0.104. The standard InChI is InChI=1S/C19H27N5O3S2/c1-12(2)11-29(26,27)24-15-7-5-14(6-8-15)22-19-23-18(20)17(28-19)16(25)13-4-3-9-21-10-13/h3-4,9-10,12,14-15,24H,5-8,11,20H2,1-2H3,(H,22,23). The molecular weight excluding hydrogens is 410 g/mol. The minimum atomic E-state index is -3.23. The zero-order valence-electron chi connectivity index (χ0n) is 16.6. The minimum Gasteiger partial charge on any atom is -0.382 e. The van der Waals surface area contributed by atoms with E-state index in [1.165, 1.54) is 17.5 Å². The van der Waals surface area contributed by atoms with Crippen LogP contribution in [0.15, 0.2) is 24.5 Å². The number of anilines is 2. The number of hydrogen-bond donors (Lipinski definition) is 3. The van der Waals surface area contributed by atoms with Crippen LogP contribution in [0.25, 0.3) is 0 Å². The molecule has 4 N–H and O–H groups in total. The molecule has 0 saturated heterocycles. The molecule has 10 heteroatoms. The summed E-state index contributed by atoms with van der Waals surface area (Å²) in [5.41, 5.74) is 6.43. The van der Waals surface area contributed by atoms with Crippen LogP contribution in [0.5, 0.6) is 0 Å². The number of carbonyl (C=O) groups is 1. The van der Waals surface area contributed by atoms with Crippen molar-refractivity contribution in [1.29, 1.82) is 0 Å². The Labute approximate surface area is 175 Å². The third-order valence-corrected chi connectivity index (χ3v) is 7.54. The molecule has 8 nitrogen and oxygen atoms in total. The van der Waals surface area contributed by atoms with E-state index in [4.69, 9.17) is 5.73 Å². The first-order valence-corrected chi connectivity index (χ1v) is 12.2. The number of nitrogen functional groups attached to an aromatic ring is 1. The van der Waals surface area contributed by atoms with Gasteiger partial charge in [-0.2, -0.15) is 0 Å². The largest absolute Gasteiger partial charge is 0.382 e. The first kappa shape index (κ1) is 21.7. The summed E-state index contributed by atoms with van der Waals surface area (Å²) in [5.74, 6) is 0.271. The Morgan fingerprint density at radius 1 is 1.28 bits per heavy atom. The maximum Gasteiger partial charge on any atom is 0.212 e. The predicted molar refractivity (Wildman–Crippen MR) is 116 cm³/mol. The van der Waals surface area contributed by atoms with Crippen molar-refractivity contribution < 1.29 is 13.2 Å². The summed E-state index contributed by atoms with van der Waals surface area (Å²) in [4.78, 5) is 21.2. The molecule has 0 aliphatic heterocycles. The summed E-state index contributed by atoms with van der Waals surface area (Å²) in [5, 5.41) is 3.96. The number of nitrogens with two attached hydrogens (primary N) is 1. The molecular formula is C19H27N5O3S2. The molecule has 2 heterocycles. The highest BCUT2D eigenvalue weighted by Crippen LogP contribution is 2.30. The molecule has 29 heavy (non-hydrogen) atoms. The second-order valence-electron chi connectivity index (χ2n) is 7.79. The van der Waals surface area contributed by atoms with Crippen LogP contribution < -0.4 is 15.8 Å². The molecule has 158 valence electrons. The summed E-state index contributed by atoms with van der Waals surface area (Å²) >= 11 is 1.24. The Morgan fingerprint density at radius 3 is 2.59 bits per heavy atom. The zero-order valence-corrected chi connectivity index (χ0v) is 18.2. The molecule has 1 aliphatic carbocycles. The van der Waals surface area contributed by atoms with Crippen LogP contribution in [0.2, 0.25) is 0 Å². The summed E-state index contributed by atoms with van der Waals surface area (Å²) in [6, 6.07) is 3.55. The second kappa shape index (κ2) is 9.19. The molecule has 0 unspecified atom stereocenters. The smallest absolute Gasteiger partial charge is 0.212 e. The minimum absolute atomic E-state index is 0.0270. The van der Waals surface area contributed by atoms with Crippen LogP contribution in [0.4, 0.5) is 10.9 Å². The molecule has 0 amide bonds. The van der Waals surface area contributed by atoms with Gasteiger partial charge in [-0.05, 0) is 43.7 Å². The van der Waals surface area contributed by atoms with E-state index in [-0.39, 0.29) is 35.4 Å². The molecule has 2 aromatic rings. The number of nitrogens with zero attached hydrogens (tertiary/aromatic N) is 2. The van der Waals surface area contributed by atoms with Crippen LogP contribution >= 0.6 is 11.3 Å². The van der Waals surface area contributed by atoms with Crippen molar-refractivity contribution in [2.75, 3.05) is 16.8 Å². The van der Waals surface area contributed by atoms with Crippen molar-refractivity contribution in [3.05, 3.63) is 35.0 Å². The number of ketones is 1.